The molecule has 1 aliphatic rings. The first-order valence-electron chi connectivity index (χ1n) is 11.5. The normalized spacial score (nSPS) is 15.5. The Morgan fingerprint density at radius 2 is 1.89 bits per heavy atom. The summed E-state index contributed by atoms with van der Waals surface area (Å²) in [6, 6.07) is 20.4. The first-order chi connectivity index (χ1) is 17.5. The molecule has 0 saturated heterocycles. The third kappa shape index (κ3) is 4.50. The smallest absolute Gasteiger partial charge is 0.338 e. The van der Waals surface area contributed by atoms with Gasteiger partial charge in [0.05, 0.1) is 28.5 Å². The van der Waals surface area contributed by atoms with Crippen molar-refractivity contribution in [3.8, 4) is 0 Å². The fraction of sp³-hybridized carbons (Fsp3) is 0.179. The number of benzene rings is 2. The first-order valence-corrected chi connectivity index (χ1v) is 13.5. The van der Waals surface area contributed by atoms with Gasteiger partial charge in [-0.2, -0.15) is 0 Å². The van der Waals surface area contributed by atoms with E-state index in [0.717, 1.165) is 21.8 Å². The molecule has 0 unspecified atom stereocenters. The van der Waals surface area contributed by atoms with Crippen molar-refractivity contribution in [3.05, 3.63) is 115 Å². The maximum atomic E-state index is 13.8. The predicted molar refractivity (Wildman–Crippen MR) is 143 cm³/mol. The Kier molecular flexibility index (Phi) is 6.80. The highest BCUT2D eigenvalue weighted by atomic mass is 32.2. The van der Waals surface area contributed by atoms with Crippen molar-refractivity contribution in [3.63, 3.8) is 0 Å². The molecule has 0 radical (unpaired) electrons. The number of esters is 1. The lowest BCUT2D eigenvalue weighted by Gasteiger charge is -2.26. The van der Waals surface area contributed by atoms with Crippen LogP contribution in [0.2, 0.25) is 0 Å². The summed E-state index contributed by atoms with van der Waals surface area (Å²) in [5.74, 6) is 0.860. The van der Waals surface area contributed by atoms with Crippen molar-refractivity contribution in [1.82, 2.24) is 4.57 Å². The number of aromatic nitrogens is 1. The number of carbonyl (C=O) groups excluding carboxylic acids is 1. The number of thioether (sulfide) groups is 1. The third-order valence-corrected chi connectivity index (χ3v) is 7.57. The first kappa shape index (κ1) is 24.1. The van der Waals surface area contributed by atoms with Crippen molar-refractivity contribution in [1.29, 1.82) is 0 Å². The molecule has 4 aromatic rings. The van der Waals surface area contributed by atoms with Gasteiger partial charge in [-0.3, -0.25) is 9.36 Å². The Labute approximate surface area is 216 Å². The van der Waals surface area contributed by atoms with Crippen LogP contribution in [0.3, 0.4) is 0 Å². The summed E-state index contributed by atoms with van der Waals surface area (Å²) >= 11 is 2.90. The van der Waals surface area contributed by atoms with E-state index in [9.17, 15) is 9.59 Å². The fourth-order valence-corrected chi connectivity index (χ4v) is 5.59. The minimum atomic E-state index is -0.688. The van der Waals surface area contributed by atoms with Crippen LogP contribution in [0.15, 0.2) is 91.4 Å². The lowest BCUT2D eigenvalue weighted by Crippen LogP contribution is -2.40. The van der Waals surface area contributed by atoms with Gasteiger partial charge < -0.3 is 9.15 Å². The van der Waals surface area contributed by atoms with E-state index in [2.05, 4.69) is 0 Å². The molecular formula is C28H24N2O4S2. The molecule has 182 valence electrons. The summed E-state index contributed by atoms with van der Waals surface area (Å²) in [5.41, 5.74) is 2.20. The molecule has 6 nitrogen and oxygen atoms in total. The standard InChI is InChI=1S/C28H24N2O4S2/c1-4-33-27(32)23-24(18-8-6-5-7-9-18)29-28-30(25(23)19-11-14-21(35-3)15-12-19)26(31)22(36-28)16-20-13-10-17(2)34-20/h5-16,25H,4H2,1-3H3/b22-16-/t25-/m0/s1. The number of thiazole rings is 1. The van der Waals surface area contributed by atoms with Crippen molar-refractivity contribution >= 4 is 40.8 Å². The second kappa shape index (κ2) is 10.2. The van der Waals surface area contributed by atoms with Gasteiger partial charge >= 0.3 is 5.97 Å². The van der Waals surface area contributed by atoms with Crippen molar-refractivity contribution in [2.75, 3.05) is 12.9 Å². The van der Waals surface area contributed by atoms with Crippen LogP contribution in [0.1, 0.15) is 35.6 Å². The molecule has 5 rings (SSSR count). The van der Waals surface area contributed by atoms with Gasteiger partial charge in [0, 0.05) is 16.5 Å². The molecule has 0 bridgehead atoms. The summed E-state index contributed by atoms with van der Waals surface area (Å²) in [5, 5.41) is 0. The van der Waals surface area contributed by atoms with E-state index < -0.39 is 12.0 Å². The van der Waals surface area contributed by atoms with Crippen LogP contribution in [0.4, 0.5) is 0 Å². The lowest BCUT2D eigenvalue weighted by molar-refractivity contribution is -0.138. The van der Waals surface area contributed by atoms with E-state index in [1.54, 1.807) is 29.3 Å². The molecule has 0 spiro atoms. The van der Waals surface area contributed by atoms with Crippen LogP contribution < -0.4 is 14.9 Å². The van der Waals surface area contributed by atoms with E-state index in [-0.39, 0.29) is 12.2 Å². The molecule has 8 heteroatoms. The minimum absolute atomic E-state index is 0.213. The average molecular weight is 517 g/mol. The second-order valence-corrected chi connectivity index (χ2v) is 10.0. The zero-order valence-corrected chi connectivity index (χ0v) is 21.7. The summed E-state index contributed by atoms with van der Waals surface area (Å²) in [6.45, 7) is 3.84. The summed E-state index contributed by atoms with van der Waals surface area (Å²) in [4.78, 5) is 33.6. The number of carbonyl (C=O) groups is 1. The predicted octanol–water partition coefficient (Wildman–Crippen LogP) is 4.56. The molecule has 0 fully saturated rings. The van der Waals surface area contributed by atoms with E-state index in [0.29, 0.717) is 26.4 Å². The molecule has 0 aliphatic carbocycles. The Bertz CT molecular complexity index is 1630. The molecule has 1 atom stereocenters. The van der Waals surface area contributed by atoms with Crippen LogP contribution in [0.5, 0.6) is 0 Å². The Hall–Kier alpha value is -3.62. The zero-order chi connectivity index (χ0) is 25.2. The number of furan rings is 1. The van der Waals surface area contributed by atoms with Gasteiger partial charge in [-0.1, -0.05) is 53.8 Å². The van der Waals surface area contributed by atoms with Gasteiger partial charge in [0.1, 0.15) is 11.5 Å². The minimum Gasteiger partial charge on any atom is -0.463 e. The number of ether oxygens (including phenoxy) is 1. The summed E-state index contributed by atoms with van der Waals surface area (Å²) in [7, 11) is 0. The number of aryl methyl sites for hydroxylation is 1. The Morgan fingerprint density at radius 1 is 1.14 bits per heavy atom. The largest absolute Gasteiger partial charge is 0.463 e. The highest BCUT2D eigenvalue weighted by molar-refractivity contribution is 7.98. The molecule has 2 aromatic carbocycles. The van der Waals surface area contributed by atoms with E-state index >= 15 is 0 Å². The van der Waals surface area contributed by atoms with Gasteiger partial charge in [0.2, 0.25) is 0 Å². The number of hydrogen-bond acceptors (Lipinski definition) is 7. The number of hydrogen-bond donors (Lipinski definition) is 0. The van der Waals surface area contributed by atoms with Crippen LogP contribution in [-0.2, 0) is 9.53 Å². The SMILES string of the molecule is CCOC(=O)C1=C(c2ccccc2)N=c2s/c(=C\c3ccc(C)o3)c(=O)n2[C@H]1c1ccc(SC)cc1. The second-order valence-electron chi connectivity index (χ2n) is 8.15. The number of rotatable bonds is 6. The van der Waals surface area contributed by atoms with Gasteiger partial charge in [0.15, 0.2) is 4.80 Å². The summed E-state index contributed by atoms with van der Waals surface area (Å²) in [6.07, 6.45) is 3.73. The van der Waals surface area contributed by atoms with Crippen molar-refractivity contribution < 1.29 is 13.9 Å². The van der Waals surface area contributed by atoms with E-state index in [4.69, 9.17) is 14.1 Å². The molecule has 2 aromatic heterocycles. The van der Waals surface area contributed by atoms with Crippen LogP contribution in [0, 0.1) is 6.92 Å². The third-order valence-electron chi connectivity index (χ3n) is 5.84. The molecule has 0 amide bonds. The monoisotopic (exact) mass is 516 g/mol. The molecule has 1 aliphatic heterocycles. The average Bonchev–Trinajstić information content (AvgIpc) is 3.45. The van der Waals surface area contributed by atoms with E-state index in [1.807, 2.05) is 79.9 Å². The summed E-state index contributed by atoms with van der Waals surface area (Å²) < 4.78 is 13.2. The van der Waals surface area contributed by atoms with Crippen LogP contribution in [-0.4, -0.2) is 23.4 Å². The quantitative estimate of drug-likeness (QED) is 0.278. The molecule has 0 N–H and O–H groups in total. The van der Waals surface area contributed by atoms with Gasteiger partial charge in [-0.05, 0) is 49.9 Å². The molecule has 0 saturated carbocycles. The van der Waals surface area contributed by atoms with Crippen molar-refractivity contribution in [2.24, 2.45) is 4.99 Å². The molecular weight excluding hydrogens is 492 g/mol. The zero-order valence-electron chi connectivity index (χ0n) is 20.1. The Morgan fingerprint density at radius 3 is 2.53 bits per heavy atom. The topological polar surface area (TPSA) is 73.8 Å². The number of fused-ring (bicyclic) bond motifs is 1. The maximum absolute atomic E-state index is 13.8. The van der Waals surface area contributed by atoms with Crippen LogP contribution in [0.25, 0.3) is 11.8 Å². The highest BCUT2D eigenvalue weighted by Gasteiger charge is 2.35. The highest BCUT2D eigenvalue weighted by Crippen LogP contribution is 2.35. The van der Waals surface area contributed by atoms with Crippen LogP contribution >= 0.6 is 23.1 Å². The fourth-order valence-electron chi connectivity index (χ4n) is 4.20. The number of nitrogens with zero attached hydrogens (tertiary/aromatic N) is 2. The lowest BCUT2D eigenvalue weighted by atomic mass is 9.93. The van der Waals surface area contributed by atoms with E-state index in [1.165, 1.54) is 11.3 Å². The Balaban J connectivity index is 1.82. The van der Waals surface area contributed by atoms with Crippen molar-refractivity contribution in [2.45, 2.75) is 24.8 Å². The van der Waals surface area contributed by atoms with Gasteiger partial charge in [-0.15, -0.1) is 11.8 Å². The van der Waals surface area contributed by atoms with Gasteiger partial charge in [0.25, 0.3) is 5.56 Å². The maximum Gasteiger partial charge on any atom is 0.338 e. The molecule has 36 heavy (non-hydrogen) atoms. The molecule has 3 heterocycles. The van der Waals surface area contributed by atoms with Gasteiger partial charge in [-0.25, -0.2) is 9.79 Å².